The molecule has 0 saturated carbocycles. The summed E-state index contributed by atoms with van der Waals surface area (Å²) in [5.41, 5.74) is 5.63. The molecule has 1 rings (SSSR count). The maximum absolute atomic E-state index is 12.8. The van der Waals surface area contributed by atoms with Gasteiger partial charge < -0.3 is 10.8 Å². The number of rotatable bonds is 2. The normalized spacial score (nSPS) is 12.0. The fourth-order valence-electron chi connectivity index (χ4n) is 0.856. The molecule has 0 aromatic heterocycles. The molecule has 0 spiro atoms. The molecule has 0 saturated heterocycles. The van der Waals surface area contributed by atoms with Crippen LogP contribution in [0.25, 0.3) is 0 Å². The van der Waals surface area contributed by atoms with Crippen molar-refractivity contribution in [1.29, 1.82) is 0 Å². The Kier molecular flexibility index (Phi) is 5.25. The number of hydrogen-bond donors (Lipinski definition) is 2. The third kappa shape index (κ3) is 3.12. The molecule has 0 heterocycles. The van der Waals surface area contributed by atoms with Crippen molar-refractivity contribution >= 4 is 24.0 Å². The van der Waals surface area contributed by atoms with E-state index in [9.17, 15) is 9.50 Å². The lowest BCUT2D eigenvalue weighted by atomic mass is 10.1. The molecule has 0 amide bonds. The highest BCUT2D eigenvalue weighted by molar-refractivity contribution is 6.30. The molecule has 1 aromatic carbocycles. The number of aliphatic hydroxyl groups is 1. The molecule has 0 fully saturated rings. The van der Waals surface area contributed by atoms with E-state index in [2.05, 4.69) is 0 Å². The molecule has 5 heteroatoms. The maximum Gasteiger partial charge on any atom is 0.142 e. The van der Waals surface area contributed by atoms with Gasteiger partial charge in [0.25, 0.3) is 0 Å². The van der Waals surface area contributed by atoms with Crippen molar-refractivity contribution in [3.63, 3.8) is 0 Å². The summed E-state index contributed by atoms with van der Waals surface area (Å²) >= 11 is 5.44. The van der Waals surface area contributed by atoms with Gasteiger partial charge in [-0.2, -0.15) is 0 Å². The van der Waals surface area contributed by atoms with Crippen LogP contribution in [0.3, 0.4) is 0 Å². The Labute approximate surface area is 86.9 Å². The second-order valence-electron chi connectivity index (χ2n) is 2.43. The number of halogens is 3. The van der Waals surface area contributed by atoms with Crippen molar-refractivity contribution < 1.29 is 9.50 Å². The quantitative estimate of drug-likeness (QED) is 0.808. The molecule has 0 aliphatic rings. The largest absolute Gasteiger partial charge is 0.387 e. The maximum atomic E-state index is 12.8. The van der Waals surface area contributed by atoms with Crippen molar-refractivity contribution in [3.05, 3.63) is 34.6 Å². The topological polar surface area (TPSA) is 46.2 Å². The van der Waals surface area contributed by atoms with Gasteiger partial charge in [0.15, 0.2) is 0 Å². The van der Waals surface area contributed by atoms with Crippen LogP contribution in [0, 0.1) is 5.82 Å². The van der Waals surface area contributed by atoms with Crippen LogP contribution in [0.2, 0.25) is 5.02 Å². The average molecular weight is 226 g/mol. The molecule has 13 heavy (non-hydrogen) atoms. The van der Waals surface area contributed by atoms with E-state index < -0.39 is 11.9 Å². The Bertz CT molecular complexity index is 283. The van der Waals surface area contributed by atoms with E-state index in [4.69, 9.17) is 17.3 Å². The van der Waals surface area contributed by atoms with Crippen LogP contribution in [0.4, 0.5) is 4.39 Å². The fraction of sp³-hybridized carbons (Fsp3) is 0.250. The van der Waals surface area contributed by atoms with Crippen LogP contribution < -0.4 is 5.73 Å². The van der Waals surface area contributed by atoms with Crippen LogP contribution in [0.5, 0.6) is 0 Å². The van der Waals surface area contributed by atoms with Crippen LogP contribution in [0.1, 0.15) is 11.7 Å². The molecular weight excluding hydrogens is 216 g/mol. The lowest BCUT2D eigenvalue weighted by Gasteiger charge is -2.07. The van der Waals surface area contributed by atoms with E-state index in [0.717, 1.165) is 0 Å². The third-order valence-corrected chi connectivity index (χ3v) is 1.86. The Morgan fingerprint density at radius 1 is 1.54 bits per heavy atom. The molecule has 1 atom stereocenters. The number of aliphatic hydroxyl groups excluding tert-OH is 1. The first-order valence-electron chi connectivity index (χ1n) is 3.48. The van der Waals surface area contributed by atoms with Crippen molar-refractivity contribution in [1.82, 2.24) is 0 Å². The van der Waals surface area contributed by atoms with E-state index >= 15 is 0 Å². The van der Waals surface area contributed by atoms with Crippen LogP contribution in [-0.2, 0) is 0 Å². The Balaban J connectivity index is 0.00000144. The molecule has 1 unspecified atom stereocenters. The second kappa shape index (κ2) is 5.40. The minimum Gasteiger partial charge on any atom is -0.387 e. The SMILES string of the molecule is Cl.NCC(O)c1ccc(Cl)c(F)c1. The molecule has 1 aromatic rings. The molecule has 0 bridgehead atoms. The standard InChI is InChI=1S/C8H9ClFNO.ClH/c9-6-2-1-5(3-7(6)10)8(12)4-11;/h1-3,8,12H,4,11H2;1H. The summed E-state index contributed by atoms with van der Waals surface area (Å²) in [7, 11) is 0. The van der Waals surface area contributed by atoms with Gasteiger partial charge in [-0.1, -0.05) is 17.7 Å². The van der Waals surface area contributed by atoms with Gasteiger partial charge >= 0.3 is 0 Å². The van der Waals surface area contributed by atoms with Crippen molar-refractivity contribution in [2.24, 2.45) is 5.73 Å². The Hall–Kier alpha value is -0.350. The summed E-state index contributed by atoms with van der Waals surface area (Å²) in [5.74, 6) is -0.540. The predicted molar refractivity (Wildman–Crippen MR) is 52.7 cm³/mol. The summed E-state index contributed by atoms with van der Waals surface area (Å²) in [6.07, 6.45) is -0.822. The highest BCUT2D eigenvalue weighted by atomic mass is 35.5. The monoisotopic (exact) mass is 225 g/mol. The first-order chi connectivity index (χ1) is 5.65. The fourth-order valence-corrected chi connectivity index (χ4v) is 0.973. The second-order valence-corrected chi connectivity index (χ2v) is 2.83. The smallest absolute Gasteiger partial charge is 0.142 e. The highest BCUT2D eigenvalue weighted by Crippen LogP contribution is 2.19. The first-order valence-corrected chi connectivity index (χ1v) is 3.86. The van der Waals surface area contributed by atoms with Gasteiger partial charge in [-0.25, -0.2) is 4.39 Å². The van der Waals surface area contributed by atoms with Gasteiger partial charge in [0.2, 0.25) is 0 Å². The predicted octanol–water partition coefficient (Wildman–Crippen LogP) is 1.89. The van der Waals surface area contributed by atoms with E-state index in [1.54, 1.807) is 6.07 Å². The molecular formula is C8H10Cl2FNO. The zero-order valence-electron chi connectivity index (χ0n) is 6.71. The van der Waals surface area contributed by atoms with Gasteiger partial charge in [0.1, 0.15) is 5.82 Å². The number of benzene rings is 1. The van der Waals surface area contributed by atoms with Crippen LogP contribution in [-0.4, -0.2) is 11.7 Å². The van der Waals surface area contributed by atoms with Crippen LogP contribution in [0.15, 0.2) is 18.2 Å². The molecule has 74 valence electrons. The van der Waals surface area contributed by atoms with Crippen molar-refractivity contribution in [2.75, 3.05) is 6.54 Å². The summed E-state index contributed by atoms with van der Waals surface area (Å²) in [6, 6.07) is 4.12. The molecule has 0 radical (unpaired) electrons. The molecule has 3 N–H and O–H groups in total. The van der Waals surface area contributed by atoms with Gasteiger partial charge in [0.05, 0.1) is 11.1 Å². The molecule has 0 aliphatic carbocycles. The Morgan fingerprint density at radius 2 is 2.15 bits per heavy atom. The number of hydrogen-bond acceptors (Lipinski definition) is 2. The van der Waals surface area contributed by atoms with Gasteiger partial charge in [0, 0.05) is 6.54 Å². The lowest BCUT2D eigenvalue weighted by Crippen LogP contribution is -2.11. The number of nitrogens with two attached hydrogens (primary N) is 1. The van der Waals surface area contributed by atoms with E-state index in [1.165, 1.54) is 12.1 Å². The first kappa shape index (κ1) is 12.7. The van der Waals surface area contributed by atoms with E-state index in [-0.39, 0.29) is 24.0 Å². The zero-order chi connectivity index (χ0) is 9.14. The summed E-state index contributed by atoms with van der Waals surface area (Å²) in [6.45, 7) is 0.0705. The summed E-state index contributed by atoms with van der Waals surface area (Å²) in [4.78, 5) is 0. The molecule has 0 aliphatic heterocycles. The Morgan fingerprint density at radius 3 is 2.62 bits per heavy atom. The van der Waals surface area contributed by atoms with E-state index in [1.807, 2.05) is 0 Å². The summed E-state index contributed by atoms with van der Waals surface area (Å²) < 4.78 is 12.8. The average Bonchev–Trinajstić information content (AvgIpc) is 2.08. The highest BCUT2D eigenvalue weighted by Gasteiger charge is 2.07. The summed E-state index contributed by atoms with van der Waals surface area (Å²) in [5, 5.41) is 9.25. The lowest BCUT2D eigenvalue weighted by molar-refractivity contribution is 0.186. The van der Waals surface area contributed by atoms with Crippen LogP contribution >= 0.6 is 24.0 Å². The van der Waals surface area contributed by atoms with Gasteiger partial charge in [-0.15, -0.1) is 12.4 Å². The minimum absolute atomic E-state index is 0. The molecule has 2 nitrogen and oxygen atoms in total. The minimum atomic E-state index is -0.822. The van der Waals surface area contributed by atoms with Gasteiger partial charge in [-0.05, 0) is 17.7 Å². The van der Waals surface area contributed by atoms with E-state index in [0.29, 0.717) is 5.56 Å². The van der Waals surface area contributed by atoms with Crippen molar-refractivity contribution in [3.8, 4) is 0 Å². The van der Waals surface area contributed by atoms with Crippen molar-refractivity contribution in [2.45, 2.75) is 6.10 Å². The van der Waals surface area contributed by atoms with Gasteiger partial charge in [-0.3, -0.25) is 0 Å². The third-order valence-electron chi connectivity index (χ3n) is 1.55. The zero-order valence-corrected chi connectivity index (χ0v) is 8.28.